The third-order valence-corrected chi connectivity index (χ3v) is 3.17. The fourth-order valence-electron chi connectivity index (χ4n) is 2.07. The fourth-order valence-corrected chi connectivity index (χ4v) is 2.07. The van der Waals surface area contributed by atoms with Crippen molar-refractivity contribution in [2.75, 3.05) is 7.11 Å². The Kier molecular flexibility index (Phi) is 3.87. The second kappa shape index (κ2) is 6.13. The summed E-state index contributed by atoms with van der Waals surface area (Å²) in [4.78, 5) is 0. The van der Waals surface area contributed by atoms with Crippen molar-refractivity contribution in [2.24, 2.45) is 0 Å². The highest BCUT2D eigenvalue weighted by atomic mass is 16.5. The maximum Gasteiger partial charge on any atom is 0.125 e. The molecule has 0 atom stereocenters. The van der Waals surface area contributed by atoms with Crippen LogP contribution in [0, 0.1) is 0 Å². The lowest BCUT2D eigenvalue weighted by molar-refractivity contribution is 0.296. The van der Waals surface area contributed by atoms with Gasteiger partial charge in [0.1, 0.15) is 30.1 Å². The highest BCUT2D eigenvalue weighted by Crippen LogP contribution is 2.23. The van der Waals surface area contributed by atoms with Crippen LogP contribution in [0.4, 0.5) is 0 Å². The molecule has 3 rings (SSSR count). The van der Waals surface area contributed by atoms with Crippen molar-refractivity contribution >= 4 is 0 Å². The van der Waals surface area contributed by atoms with Crippen LogP contribution in [0.2, 0.25) is 0 Å². The van der Waals surface area contributed by atoms with E-state index in [0.29, 0.717) is 6.61 Å². The van der Waals surface area contributed by atoms with Gasteiger partial charge in [0, 0.05) is 17.2 Å². The molecule has 0 bridgehead atoms. The van der Waals surface area contributed by atoms with E-state index < -0.39 is 0 Å². The van der Waals surface area contributed by atoms with E-state index in [1.54, 1.807) is 13.4 Å². The molecule has 0 saturated heterocycles. The number of aromatic nitrogens is 1. The molecule has 4 heteroatoms. The summed E-state index contributed by atoms with van der Waals surface area (Å²) in [6.07, 6.45) is 1.56. The largest absolute Gasteiger partial charge is 0.496 e. The molecule has 0 saturated carbocycles. The first kappa shape index (κ1) is 13.2. The molecular formula is C17H15NO3. The van der Waals surface area contributed by atoms with E-state index in [0.717, 1.165) is 28.3 Å². The Labute approximate surface area is 122 Å². The topological polar surface area (TPSA) is 44.5 Å². The van der Waals surface area contributed by atoms with Gasteiger partial charge < -0.3 is 14.0 Å². The molecule has 106 valence electrons. The van der Waals surface area contributed by atoms with Crippen LogP contribution in [0.1, 0.15) is 5.56 Å². The van der Waals surface area contributed by atoms with Crippen LogP contribution in [-0.4, -0.2) is 12.3 Å². The van der Waals surface area contributed by atoms with E-state index in [2.05, 4.69) is 5.16 Å². The SMILES string of the molecule is COc1ccccc1COc1ccc(-c2ccon2)cc1. The summed E-state index contributed by atoms with van der Waals surface area (Å²) in [6, 6.07) is 17.4. The average molecular weight is 281 g/mol. The molecule has 1 aromatic heterocycles. The molecule has 0 aliphatic heterocycles. The van der Waals surface area contributed by atoms with Crippen LogP contribution in [-0.2, 0) is 6.61 Å². The van der Waals surface area contributed by atoms with Gasteiger partial charge in [0.15, 0.2) is 0 Å². The van der Waals surface area contributed by atoms with E-state index in [1.807, 2.05) is 54.6 Å². The monoisotopic (exact) mass is 281 g/mol. The molecule has 3 aromatic rings. The summed E-state index contributed by atoms with van der Waals surface area (Å²) in [7, 11) is 1.66. The van der Waals surface area contributed by atoms with Gasteiger partial charge >= 0.3 is 0 Å². The van der Waals surface area contributed by atoms with E-state index >= 15 is 0 Å². The first-order chi connectivity index (χ1) is 10.4. The molecule has 0 aliphatic carbocycles. The zero-order valence-corrected chi connectivity index (χ0v) is 11.7. The number of hydrogen-bond acceptors (Lipinski definition) is 4. The molecule has 0 spiro atoms. The van der Waals surface area contributed by atoms with E-state index in [4.69, 9.17) is 14.0 Å². The van der Waals surface area contributed by atoms with Crippen LogP contribution in [0.5, 0.6) is 11.5 Å². The van der Waals surface area contributed by atoms with Crippen molar-refractivity contribution in [3.63, 3.8) is 0 Å². The summed E-state index contributed by atoms with van der Waals surface area (Å²) >= 11 is 0. The second-order valence-electron chi connectivity index (χ2n) is 4.51. The van der Waals surface area contributed by atoms with Gasteiger partial charge in [-0.05, 0) is 30.3 Å². The lowest BCUT2D eigenvalue weighted by Crippen LogP contribution is -1.98. The Bertz CT molecular complexity index is 690. The Morgan fingerprint density at radius 2 is 1.81 bits per heavy atom. The van der Waals surface area contributed by atoms with Gasteiger partial charge in [-0.1, -0.05) is 23.4 Å². The maximum absolute atomic E-state index is 5.78. The molecule has 0 radical (unpaired) electrons. The third kappa shape index (κ3) is 3.05. The average Bonchev–Trinajstić information content (AvgIpc) is 3.08. The third-order valence-electron chi connectivity index (χ3n) is 3.17. The van der Waals surface area contributed by atoms with Crippen LogP contribution in [0.25, 0.3) is 11.3 Å². The summed E-state index contributed by atoms with van der Waals surface area (Å²) in [5, 5.41) is 3.90. The number of para-hydroxylation sites is 1. The molecule has 0 amide bonds. The minimum absolute atomic E-state index is 0.466. The second-order valence-corrected chi connectivity index (χ2v) is 4.51. The Morgan fingerprint density at radius 1 is 1.00 bits per heavy atom. The summed E-state index contributed by atoms with van der Waals surface area (Å²) in [6.45, 7) is 0.466. The van der Waals surface area contributed by atoms with Crippen LogP contribution in [0.15, 0.2) is 65.4 Å². The van der Waals surface area contributed by atoms with Gasteiger partial charge in [-0.2, -0.15) is 0 Å². The van der Waals surface area contributed by atoms with Crippen molar-refractivity contribution in [3.8, 4) is 22.8 Å². The maximum atomic E-state index is 5.78. The van der Waals surface area contributed by atoms with Crippen molar-refractivity contribution in [1.29, 1.82) is 0 Å². The smallest absolute Gasteiger partial charge is 0.125 e. The molecule has 2 aromatic carbocycles. The predicted molar refractivity (Wildman–Crippen MR) is 79.3 cm³/mol. The summed E-state index contributed by atoms with van der Waals surface area (Å²) in [5.41, 5.74) is 2.82. The van der Waals surface area contributed by atoms with Gasteiger partial charge in [-0.15, -0.1) is 0 Å². The van der Waals surface area contributed by atoms with Crippen molar-refractivity contribution in [2.45, 2.75) is 6.61 Å². The molecule has 0 N–H and O–H groups in total. The first-order valence-electron chi connectivity index (χ1n) is 6.62. The Balaban J connectivity index is 1.68. The van der Waals surface area contributed by atoms with Gasteiger partial charge in [0.05, 0.1) is 7.11 Å². The van der Waals surface area contributed by atoms with Crippen molar-refractivity contribution in [3.05, 3.63) is 66.4 Å². The zero-order valence-electron chi connectivity index (χ0n) is 11.7. The standard InChI is InChI=1S/C17H15NO3/c1-19-17-5-3-2-4-14(17)12-20-15-8-6-13(7-9-15)16-10-11-21-18-16/h2-11H,12H2,1H3. The minimum atomic E-state index is 0.466. The van der Waals surface area contributed by atoms with Gasteiger partial charge in [-0.3, -0.25) is 0 Å². The Morgan fingerprint density at radius 3 is 2.52 bits per heavy atom. The normalized spacial score (nSPS) is 10.3. The first-order valence-corrected chi connectivity index (χ1v) is 6.62. The van der Waals surface area contributed by atoms with Crippen molar-refractivity contribution in [1.82, 2.24) is 5.16 Å². The molecular weight excluding hydrogens is 266 g/mol. The number of benzene rings is 2. The lowest BCUT2D eigenvalue weighted by Gasteiger charge is -2.10. The minimum Gasteiger partial charge on any atom is -0.496 e. The molecule has 1 heterocycles. The molecule has 0 aliphatic rings. The number of nitrogens with zero attached hydrogens (tertiary/aromatic N) is 1. The fraction of sp³-hybridized carbons (Fsp3) is 0.118. The van der Waals surface area contributed by atoms with Crippen LogP contribution >= 0.6 is 0 Å². The van der Waals surface area contributed by atoms with Gasteiger partial charge in [-0.25, -0.2) is 0 Å². The highest BCUT2D eigenvalue weighted by Gasteiger charge is 2.04. The van der Waals surface area contributed by atoms with E-state index in [-0.39, 0.29) is 0 Å². The Hall–Kier alpha value is -2.75. The quantitative estimate of drug-likeness (QED) is 0.710. The molecule has 21 heavy (non-hydrogen) atoms. The van der Waals surface area contributed by atoms with Crippen LogP contribution < -0.4 is 9.47 Å². The number of hydrogen-bond donors (Lipinski definition) is 0. The van der Waals surface area contributed by atoms with Crippen molar-refractivity contribution < 1.29 is 14.0 Å². The summed E-state index contributed by atoms with van der Waals surface area (Å²) < 4.78 is 15.9. The van der Waals surface area contributed by atoms with E-state index in [9.17, 15) is 0 Å². The molecule has 0 unspecified atom stereocenters. The van der Waals surface area contributed by atoms with Crippen LogP contribution in [0.3, 0.4) is 0 Å². The van der Waals surface area contributed by atoms with Gasteiger partial charge in [0.2, 0.25) is 0 Å². The lowest BCUT2D eigenvalue weighted by atomic mass is 10.1. The molecule has 0 fully saturated rings. The van der Waals surface area contributed by atoms with E-state index in [1.165, 1.54) is 0 Å². The molecule has 4 nitrogen and oxygen atoms in total. The zero-order chi connectivity index (χ0) is 14.5. The van der Waals surface area contributed by atoms with Gasteiger partial charge in [0.25, 0.3) is 0 Å². The highest BCUT2D eigenvalue weighted by molar-refractivity contribution is 5.59. The number of methoxy groups -OCH3 is 1. The number of rotatable bonds is 5. The number of ether oxygens (including phenoxy) is 2. The predicted octanol–water partition coefficient (Wildman–Crippen LogP) is 3.93. The summed E-state index contributed by atoms with van der Waals surface area (Å²) in [5.74, 6) is 1.63.